The SMILES string of the molecule is O=C(c1ccc2c(c1)OCO2)N1CC(N2CC(F)(F)C[C@H]2CO)C1. The molecule has 0 unspecified atom stereocenters. The van der Waals surface area contributed by atoms with Crippen molar-refractivity contribution >= 4 is 5.91 Å². The number of nitrogens with zero attached hydrogens (tertiary/aromatic N) is 2. The van der Waals surface area contributed by atoms with E-state index in [-0.39, 0.29) is 38.3 Å². The fourth-order valence-corrected chi connectivity index (χ4v) is 3.56. The highest BCUT2D eigenvalue weighted by Crippen LogP contribution is 2.36. The van der Waals surface area contributed by atoms with E-state index in [1.165, 1.54) is 0 Å². The van der Waals surface area contributed by atoms with Crippen LogP contribution in [0.4, 0.5) is 8.78 Å². The topological polar surface area (TPSA) is 62.2 Å². The minimum atomic E-state index is -2.77. The lowest BCUT2D eigenvalue weighted by Gasteiger charge is -2.45. The van der Waals surface area contributed by atoms with Crippen LogP contribution < -0.4 is 9.47 Å². The van der Waals surface area contributed by atoms with Gasteiger partial charge in [-0.05, 0) is 18.2 Å². The number of halogens is 2. The Bertz CT molecular complexity index is 663. The molecule has 0 saturated carbocycles. The summed E-state index contributed by atoms with van der Waals surface area (Å²) in [4.78, 5) is 15.7. The van der Waals surface area contributed by atoms with E-state index < -0.39 is 12.0 Å². The van der Waals surface area contributed by atoms with Gasteiger partial charge in [-0.1, -0.05) is 0 Å². The number of alkyl halides is 2. The van der Waals surface area contributed by atoms with Gasteiger partial charge in [0.05, 0.1) is 13.2 Å². The molecule has 2 saturated heterocycles. The first-order valence-corrected chi connectivity index (χ1v) is 7.90. The van der Waals surface area contributed by atoms with Gasteiger partial charge in [-0.25, -0.2) is 8.78 Å². The Morgan fingerprint density at radius 2 is 2.04 bits per heavy atom. The van der Waals surface area contributed by atoms with Crippen LogP contribution in [0, 0.1) is 0 Å². The maximum absolute atomic E-state index is 13.5. The van der Waals surface area contributed by atoms with E-state index in [0.717, 1.165) is 0 Å². The third kappa shape index (κ3) is 2.59. The van der Waals surface area contributed by atoms with Crippen LogP contribution in [0.15, 0.2) is 18.2 Å². The van der Waals surface area contributed by atoms with Gasteiger partial charge in [0.15, 0.2) is 11.5 Å². The van der Waals surface area contributed by atoms with E-state index in [2.05, 4.69) is 0 Å². The molecule has 130 valence electrons. The largest absolute Gasteiger partial charge is 0.454 e. The predicted octanol–water partition coefficient (Wildman–Crippen LogP) is 0.942. The quantitative estimate of drug-likeness (QED) is 0.887. The molecule has 1 atom stereocenters. The highest BCUT2D eigenvalue weighted by atomic mass is 19.3. The van der Waals surface area contributed by atoms with Crippen LogP contribution in [-0.2, 0) is 0 Å². The molecule has 0 bridgehead atoms. The molecule has 3 aliphatic rings. The first-order valence-electron chi connectivity index (χ1n) is 7.90. The number of fused-ring (bicyclic) bond motifs is 1. The first-order chi connectivity index (χ1) is 11.5. The molecule has 3 heterocycles. The molecule has 0 aromatic heterocycles. The van der Waals surface area contributed by atoms with Crippen molar-refractivity contribution in [3.05, 3.63) is 23.8 Å². The van der Waals surface area contributed by atoms with Gasteiger partial charge >= 0.3 is 0 Å². The number of carbonyl (C=O) groups excluding carboxylic acids is 1. The van der Waals surface area contributed by atoms with Crippen molar-refractivity contribution in [2.24, 2.45) is 0 Å². The molecule has 8 heteroatoms. The van der Waals surface area contributed by atoms with Gasteiger partial charge in [0.2, 0.25) is 6.79 Å². The highest BCUT2D eigenvalue weighted by Gasteiger charge is 2.50. The molecule has 3 aliphatic heterocycles. The van der Waals surface area contributed by atoms with Crippen molar-refractivity contribution in [1.29, 1.82) is 0 Å². The zero-order valence-electron chi connectivity index (χ0n) is 13.0. The van der Waals surface area contributed by atoms with Crippen molar-refractivity contribution < 1.29 is 28.2 Å². The Kier molecular flexibility index (Phi) is 3.61. The van der Waals surface area contributed by atoms with Gasteiger partial charge in [-0.3, -0.25) is 9.69 Å². The summed E-state index contributed by atoms with van der Waals surface area (Å²) in [5.41, 5.74) is 0.489. The van der Waals surface area contributed by atoms with E-state index >= 15 is 0 Å². The summed E-state index contributed by atoms with van der Waals surface area (Å²) >= 11 is 0. The Balaban J connectivity index is 1.39. The molecule has 24 heavy (non-hydrogen) atoms. The van der Waals surface area contributed by atoms with Gasteiger partial charge in [0, 0.05) is 37.2 Å². The molecular formula is C16H18F2N2O4. The second kappa shape index (κ2) is 5.56. The van der Waals surface area contributed by atoms with Crippen LogP contribution in [0.2, 0.25) is 0 Å². The van der Waals surface area contributed by atoms with E-state index in [9.17, 15) is 18.7 Å². The molecule has 6 nitrogen and oxygen atoms in total. The lowest BCUT2D eigenvalue weighted by atomic mass is 10.0. The van der Waals surface area contributed by atoms with Crippen LogP contribution in [0.3, 0.4) is 0 Å². The maximum Gasteiger partial charge on any atom is 0.262 e. The van der Waals surface area contributed by atoms with Crippen LogP contribution in [0.5, 0.6) is 11.5 Å². The third-order valence-corrected chi connectivity index (χ3v) is 4.87. The van der Waals surface area contributed by atoms with Crippen molar-refractivity contribution in [2.75, 3.05) is 33.0 Å². The van der Waals surface area contributed by atoms with Crippen molar-refractivity contribution in [2.45, 2.75) is 24.4 Å². The molecule has 0 aliphatic carbocycles. The number of carbonyl (C=O) groups is 1. The normalized spacial score (nSPS) is 25.8. The fraction of sp³-hybridized carbons (Fsp3) is 0.562. The van der Waals surface area contributed by atoms with E-state index in [1.54, 1.807) is 28.0 Å². The standard InChI is InChI=1S/C16H18F2N2O4/c17-16(18)4-11(7-21)20(8-16)12-5-19(6-12)15(22)10-1-2-13-14(3-10)24-9-23-13/h1-3,11-12,21H,4-9H2/t11-/m0/s1. The first kappa shape index (κ1) is 15.6. The van der Waals surface area contributed by atoms with Crippen LogP contribution in [0.1, 0.15) is 16.8 Å². The number of benzene rings is 1. The Hall–Kier alpha value is -1.93. The smallest absolute Gasteiger partial charge is 0.262 e. The highest BCUT2D eigenvalue weighted by molar-refractivity contribution is 5.95. The third-order valence-electron chi connectivity index (χ3n) is 4.87. The Labute approximate surface area is 137 Å². The van der Waals surface area contributed by atoms with Gasteiger partial charge in [-0.15, -0.1) is 0 Å². The molecule has 2 fully saturated rings. The lowest BCUT2D eigenvalue weighted by molar-refractivity contribution is -0.0125. The Morgan fingerprint density at radius 3 is 2.79 bits per heavy atom. The van der Waals surface area contributed by atoms with Gasteiger partial charge in [0.25, 0.3) is 11.8 Å². The van der Waals surface area contributed by atoms with Crippen molar-refractivity contribution in [3.8, 4) is 11.5 Å². The van der Waals surface area contributed by atoms with E-state index in [4.69, 9.17) is 9.47 Å². The fourth-order valence-electron chi connectivity index (χ4n) is 3.56. The maximum atomic E-state index is 13.5. The number of aliphatic hydroxyl groups excluding tert-OH is 1. The average Bonchev–Trinajstić information content (AvgIpc) is 3.08. The minimum absolute atomic E-state index is 0.131. The molecular weight excluding hydrogens is 322 g/mol. The van der Waals surface area contributed by atoms with Gasteiger partial charge in [-0.2, -0.15) is 0 Å². The molecule has 1 N–H and O–H groups in total. The van der Waals surface area contributed by atoms with Gasteiger partial charge in [0.1, 0.15) is 0 Å². The molecule has 1 aromatic carbocycles. The van der Waals surface area contributed by atoms with Crippen LogP contribution in [0.25, 0.3) is 0 Å². The number of aliphatic hydroxyl groups is 1. The summed E-state index contributed by atoms with van der Waals surface area (Å²) in [6.45, 7) is 0.279. The monoisotopic (exact) mass is 340 g/mol. The van der Waals surface area contributed by atoms with Crippen LogP contribution in [-0.4, -0.2) is 71.9 Å². The number of likely N-dealkylation sites (tertiary alicyclic amines) is 2. The number of ether oxygens (including phenoxy) is 2. The van der Waals surface area contributed by atoms with E-state index in [0.29, 0.717) is 30.2 Å². The minimum Gasteiger partial charge on any atom is -0.454 e. The number of amides is 1. The average molecular weight is 340 g/mol. The summed E-state index contributed by atoms with van der Waals surface area (Å²) in [6, 6.07) is 4.33. The predicted molar refractivity (Wildman–Crippen MR) is 79.4 cm³/mol. The van der Waals surface area contributed by atoms with E-state index in [1.807, 2.05) is 0 Å². The summed E-state index contributed by atoms with van der Waals surface area (Å²) in [5, 5.41) is 9.30. The summed E-state index contributed by atoms with van der Waals surface area (Å²) in [5.74, 6) is -1.78. The molecule has 1 amide bonds. The number of hydrogen-bond donors (Lipinski definition) is 1. The summed E-state index contributed by atoms with van der Waals surface area (Å²) in [6.07, 6.45) is -0.323. The molecule has 0 radical (unpaired) electrons. The molecule has 0 spiro atoms. The summed E-state index contributed by atoms with van der Waals surface area (Å²) in [7, 11) is 0. The van der Waals surface area contributed by atoms with Crippen LogP contribution >= 0.6 is 0 Å². The Morgan fingerprint density at radius 1 is 1.29 bits per heavy atom. The zero-order valence-corrected chi connectivity index (χ0v) is 13.0. The number of hydrogen-bond acceptors (Lipinski definition) is 5. The van der Waals surface area contributed by atoms with Crippen molar-refractivity contribution in [1.82, 2.24) is 9.80 Å². The zero-order chi connectivity index (χ0) is 16.9. The lowest BCUT2D eigenvalue weighted by Crippen LogP contribution is -2.62. The summed E-state index contributed by atoms with van der Waals surface area (Å²) < 4.78 is 37.6. The molecule has 1 aromatic rings. The number of rotatable bonds is 3. The second-order valence-electron chi connectivity index (χ2n) is 6.50. The van der Waals surface area contributed by atoms with Gasteiger partial charge < -0.3 is 19.5 Å². The van der Waals surface area contributed by atoms with Crippen molar-refractivity contribution in [3.63, 3.8) is 0 Å². The second-order valence-corrected chi connectivity index (χ2v) is 6.50. The molecule has 4 rings (SSSR count).